The van der Waals surface area contributed by atoms with E-state index in [-0.39, 0.29) is 23.7 Å². The van der Waals surface area contributed by atoms with E-state index in [1.807, 2.05) is 24.1 Å². The number of halogens is 1. The first-order valence-corrected chi connectivity index (χ1v) is 9.23. The second-order valence-electron chi connectivity index (χ2n) is 7.02. The number of likely N-dealkylation sites (tertiary alicyclic amines) is 1. The largest absolute Gasteiger partial charge is 0.496 e. The number of rotatable bonds is 5. The molecule has 1 aromatic carbocycles. The average Bonchev–Trinajstić information content (AvgIpc) is 3.46. The number of nitrogens with zero attached hydrogens (tertiary/aromatic N) is 2. The first-order valence-electron chi connectivity index (χ1n) is 8.85. The van der Waals surface area contributed by atoms with E-state index >= 15 is 0 Å². The molecule has 0 aromatic heterocycles. The van der Waals surface area contributed by atoms with Crippen molar-refractivity contribution in [2.24, 2.45) is 11.8 Å². The molecule has 6 heteroatoms. The molecule has 1 aliphatic heterocycles. The summed E-state index contributed by atoms with van der Waals surface area (Å²) in [6, 6.07) is 5.43. The van der Waals surface area contributed by atoms with Crippen LogP contribution < -0.4 is 4.74 Å². The molecule has 2 amide bonds. The number of piperidine rings is 1. The van der Waals surface area contributed by atoms with E-state index in [1.54, 1.807) is 18.1 Å². The summed E-state index contributed by atoms with van der Waals surface area (Å²) in [5, 5.41) is 0.628. The molecule has 0 atom stereocenters. The van der Waals surface area contributed by atoms with E-state index in [1.165, 1.54) is 0 Å². The molecule has 0 bridgehead atoms. The number of hydrogen-bond donors (Lipinski definition) is 0. The van der Waals surface area contributed by atoms with Crippen LogP contribution in [0.4, 0.5) is 0 Å². The molecule has 1 saturated carbocycles. The van der Waals surface area contributed by atoms with Gasteiger partial charge in [-0.15, -0.1) is 0 Å². The summed E-state index contributed by atoms with van der Waals surface area (Å²) in [6.07, 6.45) is 3.55. The predicted molar refractivity (Wildman–Crippen MR) is 96.5 cm³/mol. The smallest absolute Gasteiger partial charge is 0.225 e. The third-order valence-electron chi connectivity index (χ3n) is 5.11. The highest BCUT2D eigenvalue weighted by atomic mass is 35.5. The average molecular weight is 365 g/mol. The Hall–Kier alpha value is -1.75. The summed E-state index contributed by atoms with van der Waals surface area (Å²) in [5.74, 6) is 1.38. The Morgan fingerprint density at radius 3 is 2.48 bits per heavy atom. The number of ether oxygens (including phenoxy) is 1. The summed E-state index contributed by atoms with van der Waals surface area (Å²) >= 11 is 6.07. The van der Waals surface area contributed by atoms with Crippen LogP contribution in [0.15, 0.2) is 18.2 Å². The Labute approximate surface area is 153 Å². The van der Waals surface area contributed by atoms with Gasteiger partial charge in [0.25, 0.3) is 0 Å². The van der Waals surface area contributed by atoms with Crippen molar-refractivity contribution >= 4 is 23.4 Å². The van der Waals surface area contributed by atoms with Gasteiger partial charge in [-0.25, -0.2) is 0 Å². The lowest BCUT2D eigenvalue weighted by Crippen LogP contribution is -2.43. The highest BCUT2D eigenvalue weighted by Crippen LogP contribution is 2.33. The Bertz CT molecular complexity index is 652. The molecule has 136 valence electrons. The van der Waals surface area contributed by atoms with Gasteiger partial charge >= 0.3 is 0 Å². The van der Waals surface area contributed by atoms with Crippen LogP contribution in [0.2, 0.25) is 5.02 Å². The van der Waals surface area contributed by atoms with Crippen molar-refractivity contribution in [2.75, 3.05) is 27.2 Å². The van der Waals surface area contributed by atoms with E-state index in [0.717, 1.165) is 37.0 Å². The lowest BCUT2D eigenvalue weighted by Gasteiger charge is -2.33. The van der Waals surface area contributed by atoms with Crippen molar-refractivity contribution < 1.29 is 14.3 Å². The van der Waals surface area contributed by atoms with Gasteiger partial charge in [0, 0.05) is 49.1 Å². The van der Waals surface area contributed by atoms with Gasteiger partial charge in [-0.2, -0.15) is 0 Å². The molecule has 2 aliphatic rings. The summed E-state index contributed by atoms with van der Waals surface area (Å²) in [5.41, 5.74) is 0.896. The van der Waals surface area contributed by atoms with Gasteiger partial charge in [-0.3, -0.25) is 9.59 Å². The Balaban J connectivity index is 1.56. The zero-order valence-electron chi connectivity index (χ0n) is 14.8. The minimum absolute atomic E-state index is 0.0153. The Morgan fingerprint density at radius 2 is 1.88 bits per heavy atom. The zero-order chi connectivity index (χ0) is 18.0. The first-order chi connectivity index (χ1) is 12.0. The molecule has 1 aromatic rings. The maximum Gasteiger partial charge on any atom is 0.225 e. The standard InChI is InChI=1S/C19H25ClN2O3/c1-21(12-15-11-16(20)5-6-17(15)25-2)18(23)14-7-9-22(10-8-14)19(24)13-3-4-13/h5-6,11,13-14H,3-4,7-10,12H2,1-2H3. The Morgan fingerprint density at radius 1 is 1.20 bits per heavy atom. The number of hydrogen-bond acceptors (Lipinski definition) is 3. The quantitative estimate of drug-likeness (QED) is 0.807. The van der Waals surface area contributed by atoms with Crippen molar-refractivity contribution in [1.82, 2.24) is 9.80 Å². The highest BCUT2D eigenvalue weighted by Gasteiger charge is 2.36. The first kappa shape index (κ1) is 18.1. The molecule has 0 spiro atoms. The van der Waals surface area contributed by atoms with Gasteiger partial charge in [-0.05, 0) is 43.9 Å². The van der Waals surface area contributed by atoms with Crippen LogP contribution in [0.25, 0.3) is 0 Å². The van der Waals surface area contributed by atoms with Gasteiger partial charge in [0.2, 0.25) is 11.8 Å². The van der Waals surface area contributed by atoms with Crippen LogP contribution in [0, 0.1) is 11.8 Å². The molecule has 1 saturated heterocycles. The van der Waals surface area contributed by atoms with Crippen molar-refractivity contribution in [3.05, 3.63) is 28.8 Å². The summed E-state index contributed by atoms with van der Waals surface area (Å²) in [7, 11) is 3.42. The maximum atomic E-state index is 12.8. The van der Waals surface area contributed by atoms with Crippen molar-refractivity contribution in [1.29, 1.82) is 0 Å². The van der Waals surface area contributed by atoms with E-state index < -0.39 is 0 Å². The molecular formula is C19H25ClN2O3. The van der Waals surface area contributed by atoms with Crippen molar-refractivity contribution in [2.45, 2.75) is 32.2 Å². The van der Waals surface area contributed by atoms with Crippen LogP contribution in [0.5, 0.6) is 5.75 Å². The number of amides is 2. The van der Waals surface area contributed by atoms with Gasteiger partial charge in [0.1, 0.15) is 5.75 Å². The molecule has 1 aliphatic carbocycles. The number of benzene rings is 1. The Kier molecular flexibility index (Phi) is 5.52. The van der Waals surface area contributed by atoms with Crippen LogP contribution in [-0.2, 0) is 16.1 Å². The van der Waals surface area contributed by atoms with Gasteiger partial charge in [0.15, 0.2) is 0 Å². The number of methoxy groups -OCH3 is 1. The fraction of sp³-hybridized carbons (Fsp3) is 0.579. The minimum atomic E-state index is -0.0153. The second-order valence-corrected chi connectivity index (χ2v) is 7.46. The molecular weight excluding hydrogens is 340 g/mol. The van der Waals surface area contributed by atoms with Crippen LogP contribution in [0.1, 0.15) is 31.2 Å². The molecule has 2 fully saturated rings. The van der Waals surface area contributed by atoms with E-state index in [0.29, 0.717) is 24.7 Å². The SMILES string of the molecule is COc1ccc(Cl)cc1CN(C)C(=O)C1CCN(C(=O)C2CC2)CC1. The molecule has 3 rings (SSSR count). The molecule has 5 nitrogen and oxygen atoms in total. The van der Waals surface area contributed by atoms with E-state index in [4.69, 9.17) is 16.3 Å². The van der Waals surface area contributed by atoms with Crippen molar-refractivity contribution in [3.8, 4) is 5.75 Å². The number of carbonyl (C=O) groups excluding carboxylic acids is 2. The third kappa shape index (κ3) is 4.27. The summed E-state index contributed by atoms with van der Waals surface area (Å²) in [4.78, 5) is 28.5. The van der Waals surface area contributed by atoms with E-state index in [9.17, 15) is 9.59 Å². The molecule has 0 N–H and O–H groups in total. The highest BCUT2D eigenvalue weighted by molar-refractivity contribution is 6.30. The molecule has 1 heterocycles. The monoisotopic (exact) mass is 364 g/mol. The topological polar surface area (TPSA) is 49.9 Å². The molecule has 0 unspecified atom stereocenters. The fourth-order valence-electron chi connectivity index (χ4n) is 3.45. The normalized spacial score (nSPS) is 18.1. The predicted octanol–water partition coefficient (Wildman–Crippen LogP) is 2.96. The van der Waals surface area contributed by atoms with Crippen LogP contribution >= 0.6 is 11.6 Å². The van der Waals surface area contributed by atoms with Gasteiger partial charge < -0.3 is 14.5 Å². The zero-order valence-corrected chi connectivity index (χ0v) is 15.6. The van der Waals surface area contributed by atoms with Crippen LogP contribution in [0.3, 0.4) is 0 Å². The minimum Gasteiger partial charge on any atom is -0.496 e. The van der Waals surface area contributed by atoms with E-state index in [2.05, 4.69) is 0 Å². The lowest BCUT2D eigenvalue weighted by molar-refractivity contribution is -0.140. The second kappa shape index (κ2) is 7.65. The fourth-order valence-corrected chi connectivity index (χ4v) is 3.65. The number of carbonyl (C=O) groups is 2. The molecule has 25 heavy (non-hydrogen) atoms. The molecule has 0 radical (unpaired) electrons. The maximum absolute atomic E-state index is 12.8. The van der Waals surface area contributed by atoms with Crippen molar-refractivity contribution in [3.63, 3.8) is 0 Å². The summed E-state index contributed by atoms with van der Waals surface area (Å²) in [6.45, 7) is 1.85. The van der Waals surface area contributed by atoms with Gasteiger partial charge in [-0.1, -0.05) is 11.6 Å². The van der Waals surface area contributed by atoms with Crippen LogP contribution in [-0.4, -0.2) is 48.9 Å². The third-order valence-corrected chi connectivity index (χ3v) is 5.34. The van der Waals surface area contributed by atoms with Gasteiger partial charge in [0.05, 0.1) is 7.11 Å². The lowest BCUT2D eigenvalue weighted by atomic mass is 9.95. The summed E-state index contributed by atoms with van der Waals surface area (Å²) < 4.78 is 5.35.